The molecular weight excluding hydrogens is 262 g/mol. The molecule has 1 aromatic carbocycles. The van der Waals surface area contributed by atoms with E-state index in [-0.39, 0.29) is 29.3 Å². The first-order valence-corrected chi connectivity index (χ1v) is 5.67. The molecule has 0 radical (unpaired) electrons. The van der Waals surface area contributed by atoms with Crippen molar-refractivity contribution in [1.82, 2.24) is 0 Å². The van der Waals surface area contributed by atoms with Crippen molar-refractivity contribution in [3.8, 4) is 5.75 Å². The number of carbonyl (C=O) groups excluding carboxylic acids is 1. The van der Waals surface area contributed by atoms with Crippen LogP contribution in [0, 0.1) is 10.1 Å². The van der Waals surface area contributed by atoms with Gasteiger partial charge in [-0.1, -0.05) is 0 Å². The maximum absolute atomic E-state index is 11.7. The van der Waals surface area contributed by atoms with Crippen LogP contribution < -0.4 is 4.74 Å². The number of nitro groups is 1. The topological polar surface area (TPSA) is 78.7 Å². The number of carbonyl (C=O) groups is 1. The van der Waals surface area contributed by atoms with E-state index in [1.54, 1.807) is 6.92 Å². The summed E-state index contributed by atoms with van der Waals surface area (Å²) in [6, 6.07) is 2.69. The van der Waals surface area contributed by atoms with Crippen LogP contribution in [0.25, 0.3) is 0 Å². The number of ether oxygens (including phenoxy) is 2. The van der Waals surface area contributed by atoms with Gasteiger partial charge in [0.2, 0.25) is 0 Å². The van der Waals surface area contributed by atoms with Gasteiger partial charge in [-0.3, -0.25) is 10.1 Å². The van der Waals surface area contributed by atoms with Crippen LogP contribution >= 0.6 is 11.6 Å². The van der Waals surface area contributed by atoms with Gasteiger partial charge in [0.1, 0.15) is 11.3 Å². The van der Waals surface area contributed by atoms with Gasteiger partial charge in [-0.25, -0.2) is 4.79 Å². The van der Waals surface area contributed by atoms with Crippen LogP contribution in [-0.2, 0) is 10.6 Å². The van der Waals surface area contributed by atoms with Crippen molar-refractivity contribution in [2.45, 2.75) is 12.8 Å². The predicted octanol–water partition coefficient (Wildman–Crippen LogP) is 2.52. The van der Waals surface area contributed by atoms with Crippen LogP contribution in [0.5, 0.6) is 5.75 Å². The zero-order chi connectivity index (χ0) is 13.7. The first kappa shape index (κ1) is 14.2. The van der Waals surface area contributed by atoms with E-state index in [1.165, 1.54) is 19.2 Å². The van der Waals surface area contributed by atoms with E-state index in [1.807, 2.05) is 0 Å². The van der Waals surface area contributed by atoms with E-state index in [0.29, 0.717) is 5.75 Å². The van der Waals surface area contributed by atoms with Crippen LogP contribution in [-0.4, -0.2) is 24.6 Å². The number of benzene rings is 1. The number of hydrogen-bond donors (Lipinski definition) is 0. The van der Waals surface area contributed by atoms with E-state index in [0.717, 1.165) is 0 Å². The van der Waals surface area contributed by atoms with Gasteiger partial charge in [-0.2, -0.15) is 0 Å². The molecule has 0 aliphatic heterocycles. The Labute approximate surface area is 109 Å². The molecule has 0 atom stereocenters. The highest BCUT2D eigenvalue weighted by Gasteiger charge is 2.26. The first-order chi connectivity index (χ1) is 8.54. The second kappa shape index (κ2) is 6.20. The summed E-state index contributed by atoms with van der Waals surface area (Å²) in [6.07, 6.45) is 0. The Morgan fingerprint density at radius 2 is 2.17 bits per heavy atom. The summed E-state index contributed by atoms with van der Waals surface area (Å²) in [5, 5.41) is 11.0. The highest BCUT2D eigenvalue weighted by molar-refractivity contribution is 6.17. The maximum Gasteiger partial charge on any atom is 0.345 e. The molecule has 0 bridgehead atoms. The fourth-order valence-corrected chi connectivity index (χ4v) is 1.67. The quantitative estimate of drug-likeness (QED) is 0.356. The van der Waals surface area contributed by atoms with Crippen LogP contribution in [0.2, 0.25) is 0 Å². The van der Waals surface area contributed by atoms with Crippen LogP contribution in [0.1, 0.15) is 22.8 Å². The van der Waals surface area contributed by atoms with Gasteiger partial charge >= 0.3 is 5.97 Å². The summed E-state index contributed by atoms with van der Waals surface area (Å²) < 4.78 is 9.75. The zero-order valence-corrected chi connectivity index (χ0v) is 10.7. The Bertz CT molecular complexity index is 475. The second-order valence-electron chi connectivity index (χ2n) is 3.29. The molecule has 1 aromatic rings. The van der Waals surface area contributed by atoms with Crippen molar-refractivity contribution in [3.05, 3.63) is 33.4 Å². The van der Waals surface area contributed by atoms with E-state index < -0.39 is 10.9 Å². The van der Waals surface area contributed by atoms with Crippen molar-refractivity contribution in [1.29, 1.82) is 0 Å². The molecule has 98 valence electrons. The van der Waals surface area contributed by atoms with Gasteiger partial charge in [-0.05, 0) is 13.0 Å². The number of alkyl halides is 1. The Hall–Kier alpha value is -1.82. The van der Waals surface area contributed by atoms with Crippen molar-refractivity contribution < 1.29 is 19.2 Å². The molecule has 0 amide bonds. The molecule has 0 heterocycles. The molecular formula is C11H12ClNO5. The van der Waals surface area contributed by atoms with Gasteiger partial charge < -0.3 is 9.47 Å². The van der Waals surface area contributed by atoms with Crippen molar-refractivity contribution >= 4 is 23.3 Å². The molecule has 0 saturated carbocycles. The lowest BCUT2D eigenvalue weighted by Crippen LogP contribution is -2.10. The molecule has 7 heteroatoms. The smallest absolute Gasteiger partial charge is 0.345 e. The van der Waals surface area contributed by atoms with E-state index in [9.17, 15) is 14.9 Å². The number of nitro benzene ring substituents is 1. The molecule has 18 heavy (non-hydrogen) atoms. The highest BCUT2D eigenvalue weighted by Crippen LogP contribution is 2.31. The molecule has 0 spiro atoms. The molecule has 0 fully saturated rings. The number of hydrogen-bond acceptors (Lipinski definition) is 5. The van der Waals surface area contributed by atoms with Gasteiger partial charge in [0, 0.05) is 11.6 Å². The molecule has 0 aromatic heterocycles. The minimum atomic E-state index is -0.769. The Balaban J connectivity index is 3.43. The average molecular weight is 274 g/mol. The molecule has 1 rings (SSSR count). The molecule has 0 saturated heterocycles. The summed E-state index contributed by atoms with van der Waals surface area (Å²) >= 11 is 5.65. The van der Waals surface area contributed by atoms with Crippen LogP contribution in [0.3, 0.4) is 0 Å². The first-order valence-electron chi connectivity index (χ1n) is 5.13. The molecule has 0 unspecified atom stereocenters. The second-order valence-corrected chi connectivity index (χ2v) is 3.56. The third kappa shape index (κ3) is 2.89. The number of methoxy groups -OCH3 is 1. The SMILES string of the molecule is CCOC(=O)c1cc(OC)cc(CCl)c1[N+](=O)[O-]. The summed E-state index contributed by atoms with van der Waals surface area (Å²) in [5.74, 6) is -0.548. The minimum Gasteiger partial charge on any atom is -0.497 e. The lowest BCUT2D eigenvalue weighted by atomic mass is 10.1. The van der Waals surface area contributed by atoms with Crippen molar-refractivity contribution in [2.75, 3.05) is 13.7 Å². The van der Waals surface area contributed by atoms with E-state index >= 15 is 0 Å². The number of esters is 1. The monoisotopic (exact) mass is 273 g/mol. The summed E-state index contributed by atoms with van der Waals surface area (Å²) in [6.45, 7) is 1.75. The van der Waals surface area contributed by atoms with Crippen molar-refractivity contribution in [2.24, 2.45) is 0 Å². The van der Waals surface area contributed by atoms with Gasteiger partial charge in [0.15, 0.2) is 0 Å². The van der Waals surface area contributed by atoms with Gasteiger partial charge in [0.05, 0.1) is 24.5 Å². The van der Waals surface area contributed by atoms with Crippen LogP contribution in [0.4, 0.5) is 5.69 Å². The number of rotatable bonds is 5. The fourth-order valence-electron chi connectivity index (χ4n) is 1.47. The Morgan fingerprint density at radius 3 is 2.61 bits per heavy atom. The molecule has 6 nitrogen and oxygen atoms in total. The van der Waals surface area contributed by atoms with Gasteiger partial charge in [0.25, 0.3) is 5.69 Å². The standard InChI is InChI=1S/C11H12ClNO5/c1-3-18-11(14)9-5-8(17-2)4-7(6-12)10(9)13(15)16/h4-5H,3,6H2,1-2H3. The largest absolute Gasteiger partial charge is 0.497 e. The number of halogens is 1. The molecule has 0 aliphatic carbocycles. The third-order valence-electron chi connectivity index (χ3n) is 2.22. The lowest BCUT2D eigenvalue weighted by molar-refractivity contribution is -0.385. The lowest BCUT2D eigenvalue weighted by Gasteiger charge is -2.08. The summed E-state index contributed by atoms with van der Waals surface area (Å²) in [5.41, 5.74) is -0.287. The molecule has 0 N–H and O–H groups in total. The summed E-state index contributed by atoms with van der Waals surface area (Å²) in [4.78, 5) is 22.0. The Morgan fingerprint density at radius 1 is 1.50 bits per heavy atom. The highest BCUT2D eigenvalue weighted by atomic mass is 35.5. The predicted molar refractivity (Wildman–Crippen MR) is 65.2 cm³/mol. The zero-order valence-electron chi connectivity index (χ0n) is 9.94. The normalized spacial score (nSPS) is 9.94. The van der Waals surface area contributed by atoms with Gasteiger partial charge in [-0.15, -0.1) is 11.6 Å². The molecule has 0 aliphatic rings. The van der Waals surface area contributed by atoms with E-state index in [2.05, 4.69) is 0 Å². The summed E-state index contributed by atoms with van der Waals surface area (Å²) in [7, 11) is 1.40. The fraction of sp³-hybridized carbons (Fsp3) is 0.364. The third-order valence-corrected chi connectivity index (χ3v) is 2.51. The van der Waals surface area contributed by atoms with Crippen molar-refractivity contribution in [3.63, 3.8) is 0 Å². The van der Waals surface area contributed by atoms with Crippen LogP contribution in [0.15, 0.2) is 12.1 Å². The maximum atomic E-state index is 11.7. The van der Waals surface area contributed by atoms with E-state index in [4.69, 9.17) is 21.1 Å². The average Bonchev–Trinajstić information content (AvgIpc) is 2.36. The number of nitrogens with zero attached hydrogens (tertiary/aromatic N) is 1. The Kier molecular flexibility index (Phi) is 4.91. The minimum absolute atomic E-state index is 0.0973.